The molecule has 222 valence electrons. The van der Waals surface area contributed by atoms with E-state index < -0.39 is 10.0 Å². The lowest BCUT2D eigenvalue weighted by molar-refractivity contribution is 0.371. The van der Waals surface area contributed by atoms with Crippen molar-refractivity contribution < 1.29 is 13.2 Å². The van der Waals surface area contributed by atoms with E-state index in [1.807, 2.05) is 84.3 Å². The van der Waals surface area contributed by atoms with Crippen molar-refractivity contribution in [3.63, 3.8) is 0 Å². The van der Waals surface area contributed by atoms with Crippen LogP contribution in [0.4, 0.5) is 5.69 Å². The Morgan fingerprint density at radius 1 is 0.860 bits per heavy atom. The average molecular weight is 596 g/mol. The third-order valence-corrected chi connectivity index (χ3v) is 9.31. The number of hydrogen-bond acceptors (Lipinski definition) is 6. The first-order chi connectivity index (χ1) is 20.8. The zero-order valence-electron chi connectivity index (χ0n) is 24.6. The van der Waals surface area contributed by atoms with Crippen molar-refractivity contribution in [2.75, 3.05) is 19.4 Å². The second-order valence-corrected chi connectivity index (χ2v) is 12.5. The van der Waals surface area contributed by atoms with Gasteiger partial charge < -0.3 is 15.0 Å². The van der Waals surface area contributed by atoms with E-state index in [0.29, 0.717) is 36.8 Å². The summed E-state index contributed by atoms with van der Waals surface area (Å²) < 4.78 is 37.8. The molecule has 0 atom stereocenters. The molecule has 0 saturated carbocycles. The third-order valence-electron chi connectivity index (χ3n) is 7.44. The van der Waals surface area contributed by atoms with Crippen LogP contribution in [-0.2, 0) is 29.5 Å². The summed E-state index contributed by atoms with van der Waals surface area (Å²) >= 11 is 0. The van der Waals surface area contributed by atoms with Crippen LogP contribution in [0.5, 0.6) is 5.75 Å². The average Bonchev–Trinajstić information content (AvgIpc) is 3.46. The SMILES string of the molecule is COc1ccc(-c2cccc(C)c2)cc1S(=O)(=O)N(CCCCc1ccccc1)Cc1nncn1Cc1ccc(N)cc1. The maximum atomic E-state index is 14.4. The van der Waals surface area contributed by atoms with Crippen LogP contribution in [0.25, 0.3) is 11.1 Å². The fraction of sp³-hybridized carbons (Fsp3) is 0.235. The highest BCUT2D eigenvalue weighted by molar-refractivity contribution is 7.89. The van der Waals surface area contributed by atoms with Crippen molar-refractivity contribution in [2.45, 2.75) is 44.2 Å². The van der Waals surface area contributed by atoms with Crippen LogP contribution in [0.2, 0.25) is 0 Å². The number of benzene rings is 4. The normalized spacial score (nSPS) is 11.6. The van der Waals surface area contributed by atoms with Crippen LogP contribution in [-0.4, -0.2) is 41.1 Å². The van der Waals surface area contributed by atoms with Gasteiger partial charge in [0, 0.05) is 12.2 Å². The number of aryl methyl sites for hydroxylation is 2. The Morgan fingerprint density at radius 2 is 1.63 bits per heavy atom. The summed E-state index contributed by atoms with van der Waals surface area (Å²) in [5.74, 6) is 0.853. The number of aromatic nitrogens is 3. The topological polar surface area (TPSA) is 103 Å². The highest BCUT2D eigenvalue weighted by Crippen LogP contribution is 2.33. The Labute approximate surface area is 253 Å². The van der Waals surface area contributed by atoms with Crippen molar-refractivity contribution in [3.8, 4) is 16.9 Å². The highest BCUT2D eigenvalue weighted by Gasteiger charge is 2.29. The molecule has 0 spiro atoms. The lowest BCUT2D eigenvalue weighted by atomic mass is 10.0. The van der Waals surface area contributed by atoms with Crippen LogP contribution in [0.1, 0.15) is 35.4 Å². The molecule has 0 fully saturated rings. The highest BCUT2D eigenvalue weighted by atomic mass is 32.2. The molecule has 0 amide bonds. The smallest absolute Gasteiger partial charge is 0.247 e. The number of nitrogen functional groups attached to an aromatic ring is 1. The van der Waals surface area contributed by atoms with E-state index in [2.05, 4.69) is 22.3 Å². The summed E-state index contributed by atoms with van der Waals surface area (Å²) in [5.41, 5.74) is 11.6. The van der Waals surface area contributed by atoms with Crippen LogP contribution in [0.15, 0.2) is 108 Å². The number of unbranched alkanes of at least 4 members (excludes halogenated alkanes) is 1. The summed E-state index contributed by atoms with van der Waals surface area (Å²) in [7, 11) is -2.50. The number of ether oxygens (including phenoxy) is 1. The number of nitrogens with two attached hydrogens (primary N) is 1. The minimum atomic E-state index is -3.99. The molecule has 0 unspecified atom stereocenters. The van der Waals surface area contributed by atoms with Crippen molar-refractivity contribution in [3.05, 3.63) is 126 Å². The van der Waals surface area contributed by atoms with Gasteiger partial charge in [-0.25, -0.2) is 8.42 Å². The summed E-state index contributed by atoms with van der Waals surface area (Å²) in [6.45, 7) is 2.90. The van der Waals surface area contributed by atoms with E-state index in [1.54, 1.807) is 18.5 Å². The summed E-state index contributed by atoms with van der Waals surface area (Å²) in [6, 6.07) is 31.1. The first-order valence-corrected chi connectivity index (χ1v) is 15.8. The molecule has 2 N–H and O–H groups in total. The lowest BCUT2D eigenvalue weighted by Crippen LogP contribution is -2.33. The number of nitrogens with zero attached hydrogens (tertiary/aromatic N) is 4. The van der Waals surface area contributed by atoms with Gasteiger partial charge in [0.05, 0.1) is 20.2 Å². The van der Waals surface area contributed by atoms with Gasteiger partial charge in [-0.3, -0.25) is 0 Å². The predicted molar refractivity (Wildman–Crippen MR) is 170 cm³/mol. The molecule has 5 rings (SSSR count). The second kappa shape index (κ2) is 13.7. The van der Waals surface area contributed by atoms with Crippen molar-refractivity contribution in [2.24, 2.45) is 0 Å². The van der Waals surface area contributed by atoms with Crippen molar-refractivity contribution in [1.82, 2.24) is 19.1 Å². The number of anilines is 1. The molecular weight excluding hydrogens is 558 g/mol. The van der Waals surface area contributed by atoms with Gasteiger partial charge in [0.15, 0.2) is 0 Å². The zero-order valence-corrected chi connectivity index (χ0v) is 25.4. The van der Waals surface area contributed by atoms with E-state index in [9.17, 15) is 8.42 Å². The predicted octanol–water partition coefficient (Wildman–Crippen LogP) is 6.11. The molecule has 4 aromatic carbocycles. The number of hydrogen-bond donors (Lipinski definition) is 1. The Kier molecular flexibility index (Phi) is 9.54. The molecule has 0 saturated heterocycles. The first kappa shape index (κ1) is 30.0. The third kappa shape index (κ3) is 7.49. The summed E-state index contributed by atoms with van der Waals surface area (Å²) in [5, 5.41) is 8.44. The van der Waals surface area contributed by atoms with Gasteiger partial charge >= 0.3 is 0 Å². The van der Waals surface area contributed by atoms with Crippen molar-refractivity contribution in [1.29, 1.82) is 0 Å². The first-order valence-electron chi connectivity index (χ1n) is 14.3. The van der Waals surface area contributed by atoms with Crippen LogP contribution in [0, 0.1) is 6.92 Å². The van der Waals surface area contributed by atoms with Gasteiger partial charge in [-0.05, 0) is 72.7 Å². The van der Waals surface area contributed by atoms with E-state index in [1.165, 1.54) is 17.0 Å². The van der Waals surface area contributed by atoms with Gasteiger partial charge in [0.25, 0.3) is 0 Å². The Bertz CT molecular complexity index is 1750. The molecule has 5 aromatic rings. The monoisotopic (exact) mass is 595 g/mol. The largest absolute Gasteiger partial charge is 0.495 e. The molecule has 9 heteroatoms. The van der Waals surface area contributed by atoms with Crippen LogP contribution >= 0.6 is 0 Å². The fourth-order valence-corrected chi connectivity index (χ4v) is 6.69. The van der Waals surface area contributed by atoms with Gasteiger partial charge in [-0.1, -0.05) is 78.4 Å². The van der Waals surface area contributed by atoms with Gasteiger partial charge in [-0.15, -0.1) is 10.2 Å². The molecule has 1 heterocycles. The Balaban J connectivity index is 1.45. The lowest BCUT2D eigenvalue weighted by Gasteiger charge is -2.24. The van der Waals surface area contributed by atoms with E-state index >= 15 is 0 Å². The zero-order chi connectivity index (χ0) is 30.2. The summed E-state index contributed by atoms with van der Waals surface area (Å²) in [6.07, 6.45) is 4.02. The molecule has 0 aliphatic heterocycles. The molecule has 0 bridgehead atoms. The molecule has 0 aliphatic carbocycles. The van der Waals surface area contributed by atoms with Crippen LogP contribution < -0.4 is 10.5 Å². The Morgan fingerprint density at radius 3 is 2.37 bits per heavy atom. The van der Waals surface area contributed by atoms with E-state index in [0.717, 1.165) is 35.1 Å². The number of methoxy groups -OCH3 is 1. The fourth-order valence-electron chi connectivity index (χ4n) is 5.08. The molecule has 43 heavy (non-hydrogen) atoms. The number of rotatable bonds is 13. The molecule has 0 aliphatic rings. The van der Waals surface area contributed by atoms with E-state index in [-0.39, 0.29) is 11.4 Å². The number of sulfonamides is 1. The molecular formula is C34H37N5O3S. The van der Waals surface area contributed by atoms with Gasteiger partial charge in [-0.2, -0.15) is 4.31 Å². The van der Waals surface area contributed by atoms with E-state index in [4.69, 9.17) is 10.5 Å². The van der Waals surface area contributed by atoms with Gasteiger partial charge in [0.2, 0.25) is 10.0 Å². The second-order valence-electron chi connectivity index (χ2n) is 10.6. The summed E-state index contributed by atoms with van der Waals surface area (Å²) in [4.78, 5) is 0.127. The minimum Gasteiger partial charge on any atom is -0.495 e. The molecule has 1 aromatic heterocycles. The molecule has 8 nitrogen and oxygen atoms in total. The minimum absolute atomic E-state index is 0.0699. The maximum Gasteiger partial charge on any atom is 0.247 e. The van der Waals surface area contributed by atoms with Crippen LogP contribution in [0.3, 0.4) is 0 Å². The van der Waals surface area contributed by atoms with Crippen molar-refractivity contribution >= 4 is 15.7 Å². The standard InChI is InChI=1S/C34H37N5O3S/c1-26-9-8-13-29(21-26)30-16-19-32(42-2)33(22-30)43(40,41)39(20-7-6-12-27-10-4-3-5-11-27)24-34-37-36-25-38(34)23-28-14-17-31(35)18-15-28/h3-5,8-11,13-19,21-22,25H,6-7,12,20,23-24,35H2,1-2H3. The Hall–Kier alpha value is -4.47. The maximum absolute atomic E-state index is 14.4. The van der Waals surface area contributed by atoms with Gasteiger partial charge in [0.1, 0.15) is 22.8 Å². The quantitative estimate of drug-likeness (QED) is 0.130. The molecule has 0 radical (unpaired) electrons.